The van der Waals surface area contributed by atoms with E-state index in [1.54, 1.807) is 0 Å². The van der Waals surface area contributed by atoms with Crippen LogP contribution >= 0.6 is 15.9 Å². The van der Waals surface area contributed by atoms with Crippen LogP contribution in [0.25, 0.3) is 0 Å². The van der Waals surface area contributed by atoms with Crippen LogP contribution in [-0.4, -0.2) is 37.4 Å². The first-order valence-electron chi connectivity index (χ1n) is 8.01. The zero-order valence-corrected chi connectivity index (χ0v) is 16.3. The zero-order chi connectivity index (χ0) is 18.2. The maximum Gasteiger partial charge on any atom is 0.243 e. The van der Waals surface area contributed by atoms with Gasteiger partial charge in [0.25, 0.3) is 0 Å². The van der Waals surface area contributed by atoms with Gasteiger partial charge < -0.3 is 15.5 Å². The summed E-state index contributed by atoms with van der Waals surface area (Å²) >= 11 is 3.42. The van der Waals surface area contributed by atoms with Gasteiger partial charge in [0.15, 0.2) is 5.96 Å². The molecule has 0 saturated carbocycles. The average Bonchev–Trinajstić information content (AvgIpc) is 2.58. The molecule has 2 N–H and O–H groups in total. The number of halogens is 1. The topological polar surface area (TPSA) is 56.7 Å². The SMILES string of the molecule is Cc1ccc(Br)cc1NC(=O)CNC(=NCc1ccccc1)N(C)C. The number of amides is 1. The molecule has 1 amide bonds. The minimum absolute atomic E-state index is 0.115. The molecular formula is C19H23BrN4O. The molecule has 0 radical (unpaired) electrons. The second-order valence-electron chi connectivity index (χ2n) is 5.88. The number of guanidine groups is 1. The lowest BCUT2D eigenvalue weighted by Crippen LogP contribution is -2.40. The molecule has 0 atom stereocenters. The van der Waals surface area contributed by atoms with Gasteiger partial charge in [-0.25, -0.2) is 4.99 Å². The summed E-state index contributed by atoms with van der Waals surface area (Å²) in [5.74, 6) is 0.556. The molecule has 0 fully saturated rings. The highest BCUT2D eigenvalue weighted by atomic mass is 79.9. The normalized spacial score (nSPS) is 11.1. The third-order valence-electron chi connectivity index (χ3n) is 3.56. The van der Waals surface area contributed by atoms with Crippen molar-refractivity contribution in [1.29, 1.82) is 0 Å². The third kappa shape index (κ3) is 6.23. The highest BCUT2D eigenvalue weighted by Gasteiger charge is 2.08. The summed E-state index contributed by atoms with van der Waals surface area (Å²) in [5.41, 5.74) is 2.94. The molecule has 0 aliphatic carbocycles. The van der Waals surface area contributed by atoms with Crippen LogP contribution in [0.4, 0.5) is 5.69 Å². The average molecular weight is 403 g/mol. The number of carbonyl (C=O) groups excluding carboxylic acids is 1. The van der Waals surface area contributed by atoms with Crippen LogP contribution < -0.4 is 10.6 Å². The number of hydrogen-bond acceptors (Lipinski definition) is 2. The molecule has 0 saturated heterocycles. The first-order valence-corrected chi connectivity index (χ1v) is 8.80. The summed E-state index contributed by atoms with van der Waals surface area (Å²) in [4.78, 5) is 18.6. The summed E-state index contributed by atoms with van der Waals surface area (Å²) in [5, 5.41) is 6.01. The Morgan fingerprint density at radius 3 is 2.56 bits per heavy atom. The Labute approximate surface area is 157 Å². The van der Waals surface area contributed by atoms with Gasteiger partial charge in [-0.15, -0.1) is 0 Å². The van der Waals surface area contributed by atoms with Crippen LogP contribution in [0.2, 0.25) is 0 Å². The van der Waals surface area contributed by atoms with Crippen LogP contribution in [0.5, 0.6) is 0 Å². The Balaban J connectivity index is 1.94. The number of anilines is 1. The largest absolute Gasteiger partial charge is 0.349 e. The van der Waals surface area contributed by atoms with E-state index in [1.165, 1.54) is 0 Å². The van der Waals surface area contributed by atoms with Gasteiger partial charge in [0.05, 0.1) is 13.1 Å². The third-order valence-corrected chi connectivity index (χ3v) is 4.05. The van der Waals surface area contributed by atoms with Crippen molar-refractivity contribution in [2.75, 3.05) is 26.0 Å². The smallest absolute Gasteiger partial charge is 0.243 e. The number of aliphatic imine (C=N–C) groups is 1. The number of nitrogens with one attached hydrogen (secondary N) is 2. The summed E-state index contributed by atoms with van der Waals surface area (Å²) in [7, 11) is 3.79. The van der Waals surface area contributed by atoms with Crippen molar-refractivity contribution in [2.45, 2.75) is 13.5 Å². The van der Waals surface area contributed by atoms with Crippen molar-refractivity contribution in [3.8, 4) is 0 Å². The quantitative estimate of drug-likeness (QED) is 0.594. The molecule has 2 aromatic rings. The maximum absolute atomic E-state index is 12.2. The predicted octanol–water partition coefficient (Wildman–Crippen LogP) is 3.40. The minimum Gasteiger partial charge on any atom is -0.349 e. The van der Waals surface area contributed by atoms with Gasteiger partial charge in [0.2, 0.25) is 5.91 Å². The molecule has 6 heteroatoms. The first-order chi connectivity index (χ1) is 12.0. The summed E-state index contributed by atoms with van der Waals surface area (Å²) in [6.07, 6.45) is 0. The number of nitrogens with zero attached hydrogens (tertiary/aromatic N) is 2. The van der Waals surface area contributed by atoms with E-state index in [4.69, 9.17) is 0 Å². The van der Waals surface area contributed by atoms with Crippen molar-refractivity contribution >= 4 is 33.5 Å². The Kier molecular flexibility index (Phi) is 7.01. The fraction of sp³-hybridized carbons (Fsp3) is 0.263. The van der Waals surface area contributed by atoms with Crippen LogP contribution in [0.3, 0.4) is 0 Å². The number of aryl methyl sites for hydroxylation is 1. The van der Waals surface area contributed by atoms with Gasteiger partial charge >= 0.3 is 0 Å². The Morgan fingerprint density at radius 2 is 1.88 bits per heavy atom. The van der Waals surface area contributed by atoms with E-state index in [0.29, 0.717) is 12.5 Å². The van der Waals surface area contributed by atoms with Crippen LogP contribution in [0, 0.1) is 6.92 Å². The molecule has 2 rings (SSSR count). The molecule has 2 aromatic carbocycles. The zero-order valence-electron chi connectivity index (χ0n) is 14.7. The number of rotatable bonds is 5. The monoisotopic (exact) mass is 402 g/mol. The first kappa shape index (κ1) is 19.0. The van der Waals surface area contributed by atoms with E-state index in [1.807, 2.05) is 74.4 Å². The predicted molar refractivity (Wildman–Crippen MR) is 107 cm³/mol. The highest BCUT2D eigenvalue weighted by molar-refractivity contribution is 9.10. The molecule has 5 nitrogen and oxygen atoms in total. The van der Waals surface area contributed by atoms with Crippen LogP contribution in [0.15, 0.2) is 58.0 Å². The molecule has 132 valence electrons. The van der Waals surface area contributed by atoms with Gasteiger partial charge in [0.1, 0.15) is 0 Å². The van der Waals surface area contributed by atoms with E-state index >= 15 is 0 Å². The Hall–Kier alpha value is -2.34. The van der Waals surface area contributed by atoms with E-state index in [9.17, 15) is 4.79 Å². The van der Waals surface area contributed by atoms with Gasteiger partial charge in [-0.05, 0) is 30.2 Å². The molecule has 0 aromatic heterocycles. The lowest BCUT2D eigenvalue weighted by atomic mass is 10.2. The van der Waals surface area contributed by atoms with E-state index < -0.39 is 0 Å². The summed E-state index contributed by atoms with van der Waals surface area (Å²) < 4.78 is 0.930. The lowest BCUT2D eigenvalue weighted by Gasteiger charge is -2.18. The van der Waals surface area contributed by atoms with E-state index in [2.05, 4.69) is 31.6 Å². The molecular weight excluding hydrogens is 380 g/mol. The van der Waals surface area contributed by atoms with Crippen LogP contribution in [0.1, 0.15) is 11.1 Å². The number of hydrogen-bond donors (Lipinski definition) is 2. The van der Waals surface area contributed by atoms with E-state index in [-0.39, 0.29) is 12.5 Å². The lowest BCUT2D eigenvalue weighted by molar-refractivity contribution is -0.115. The highest BCUT2D eigenvalue weighted by Crippen LogP contribution is 2.20. The van der Waals surface area contributed by atoms with Gasteiger partial charge in [0, 0.05) is 24.3 Å². The minimum atomic E-state index is -0.115. The van der Waals surface area contributed by atoms with Gasteiger partial charge in [-0.2, -0.15) is 0 Å². The summed E-state index contributed by atoms with van der Waals surface area (Å²) in [6.45, 7) is 2.67. The van der Waals surface area contributed by atoms with Gasteiger partial charge in [-0.1, -0.05) is 52.3 Å². The standard InChI is InChI=1S/C19H23BrN4O/c1-14-9-10-16(20)11-17(14)23-18(25)13-22-19(24(2)3)21-12-15-7-5-4-6-8-15/h4-11H,12-13H2,1-3H3,(H,21,22)(H,23,25). The van der Waals surface area contributed by atoms with Crippen molar-refractivity contribution in [3.63, 3.8) is 0 Å². The Bertz CT molecular complexity index is 744. The molecule has 0 aliphatic rings. The fourth-order valence-corrected chi connectivity index (χ4v) is 2.55. The van der Waals surface area contributed by atoms with Crippen molar-refractivity contribution in [2.24, 2.45) is 4.99 Å². The molecule has 0 spiro atoms. The second-order valence-corrected chi connectivity index (χ2v) is 6.80. The fourth-order valence-electron chi connectivity index (χ4n) is 2.19. The summed E-state index contributed by atoms with van der Waals surface area (Å²) in [6, 6.07) is 15.8. The molecule has 0 aliphatic heterocycles. The van der Waals surface area contributed by atoms with Crippen molar-refractivity contribution in [1.82, 2.24) is 10.2 Å². The number of benzene rings is 2. The van der Waals surface area contributed by atoms with Crippen molar-refractivity contribution in [3.05, 3.63) is 64.1 Å². The van der Waals surface area contributed by atoms with E-state index in [0.717, 1.165) is 21.3 Å². The Morgan fingerprint density at radius 1 is 1.16 bits per heavy atom. The molecule has 0 heterocycles. The molecule has 0 bridgehead atoms. The second kappa shape index (κ2) is 9.22. The molecule has 0 unspecified atom stereocenters. The number of carbonyl (C=O) groups is 1. The molecule has 25 heavy (non-hydrogen) atoms. The van der Waals surface area contributed by atoms with Gasteiger partial charge in [-0.3, -0.25) is 4.79 Å². The van der Waals surface area contributed by atoms with Crippen molar-refractivity contribution < 1.29 is 4.79 Å². The van der Waals surface area contributed by atoms with Crippen LogP contribution in [-0.2, 0) is 11.3 Å². The maximum atomic E-state index is 12.2.